The zero-order valence-electron chi connectivity index (χ0n) is 11.3. The van der Waals surface area contributed by atoms with Gasteiger partial charge in [0.25, 0.3) is 0 Å². The van der Waals surface area contributed by atoms with E-state index in [-0.39, 0.29) is 6.10 Å². The monoisotopic (exact) mass is 261 g/mol. The minimum atomic E-state index is 0.0918. The van der Waals surface area contributed by atoms with Crippen molar-refractivity contribution in [3.63, 3.8) is 0 Å². The summed E-state index contributed by atoms with van der Waals surface area (Å²) in [6.07, 6.45) is 4.13. The molecular formula is C15H19NO3. The summed E-state index contributed by atoms with van der Waals surface area (Å²) in [5.74, 6) is 2.28. The molecule has 3 rings (SSSR count). The lowest BCUT2D eigenvalue weighted by atomic mass is 10.0. The third-order valence-corrected chi connectivity index (χ3v) is 3.23. The maximum Gasteiger partial charge on any atom is 0.231 e. The first-order chi connectivity index (χ1) is 9.20. The van der Waals surface area contributed by atoms with E-state index >= 15 is 0 Å². The van der Waals surface area contributed by atoms with Gasteiger partial charge < -0.3 is 9.47 Å². The van der Waals surface area contributed by atoms with Crippen LogP contribution in [0.15, 0.2) is 30.0 Å². The zero-order chi connectivity index (χ0) is 13.2. The Labute approximate surface area is 113 Å². The number of rotatable bonds is 4. The lowest BCUT2D eigenvalue weighted by Gasteiger charge is -2.08. The normalized spacial score (nSPS) is 20.6. The molecule has 0 saturated carbocycles. The molecule has 1 N–H and O–H groups in total. The molecule has 0 amide bonds. The number of nitrogens with one attached hydrogen (secondary N) is 1. The van der Waals surface area contributed by atoms with E-state index in [1.54, 1.807) is 0 Å². The molecule has 2 aliphatic heterocycles. The van der Waals surface area contributed by atoms with E-state index in [9.17, 15) is 0 Å². The maximum atomic E-state index is 5.58. The Hall–Kier alpha value is -1.68. The van der Waals surface area contributed by atoms with Crippen molar-refractivity contribution in [3.05, 3.63) is 35.5 Å². The quantitative estimate of drug-likeness (QED) is 0.904. The molecule has 2 aliphatic rings. The van der Waals surface area contributed by atoms with Crippen LogP contribution in [-0.2, 0) is 11.3 Å². The van der Waals surface area contributed by atoms with Crippen LogP contribution in [0.2, 0.25) is 0 Å². The molecule has 4 heteroatoms. The van der Waals surface area contributed by atoms with Crippen LogP contribution in [0.1, 0.15) is 25.8 Å². The van der Waals surface area contributed by atoms with Gasteiger partial charge in [0.15, 0.2) is 11.5 Å². The Bertz CT molecular complexity index is 496. The number of fused-ring (bicyclic) bond motifs is 1. The van der Waals surface area contributed by atoms with E-state index in [2.05, 4.69) is 31.5 Å². The van der Waals surface area contributed by atoms with Gasteiger partial charge >= 0.3 is 0 Å². The third kappa shape index (κ3) is 2.84. The molecule has 0 radical (unpaired) electrons. The van der Waals surface area contributed by atoms with Gasteiger partial charge in [-0.05, 0) is 36.1 Å². The lowest BCUT2D eigenvalue weighted by Crippen LogP contribution is -2.15. The van der Waals surface area contributed by atoms with Crippen LogP contribution in [-0.4, -0.2) is 12.9 Å². The number of ether oxygens (including phenoxy) is 2. The second-order valence-corrected chi connectivity index (χ2v) is 5.44. The van der Waals surface area contributed by atoms with Gasteiger partial charge in [0.2, 0.25) is 6.79 Å². The fourth-order valence-electron chi connectivity index (χ4n) is 2.39. The molecule has 2 heterocycles. The minimum absolute atomic E-state index is 0.0918. The molecule has 4 nitrogen and oxygen atoms in total. The van der Waals surface area contributed by atoms with Crippen LogP contribution in [0, 0.1) is 5.92 Å². The fraction of sp³-hybridized carbons (Fsp3) is 0.467. The number of hydroxylamine groups is 1. The second-order valence-electron chi connectivity index (χ2n) is 5.44. The zero-order valence-corrected chi connectivity index (χ0v) is 11.3. The van der Waals surface area contributed by atoms with E-state index in [0.717, 1.165) is 24.3 Å². The van der Waals surface area contributed by atoms with Gasteiger partial charge in [0.1, 0.15) is 6.10 Å². The van der Waals surface area contributed by atoms with Gasteiger partial charge in [-0.1, -0.05) is 19.9 Å². The highest BCUT2D eigenvalue weighted by molar-refractivity contribution is 5.44. The summed E-state index contributed by atoms with van der Waals surface area (Å²) < 4.78 is 10.7. The smallest absolute Gasteiger partial charge is 0.231 e. The number of benzene rings is 1. The average Bonchev–Trinajstić information content (AvgIpc) is 2.97. The van der Waals surface area contributed by atoms with Crippen molar-refractivity contribution in [1.29, 1.82) is 0 Å². The largest absolute Gasteiger partial charge is 0.454 e. The van der Waals surface area contributed by atoms with E-state index in [1.807, 2.05) is 12.1 Å². The Morgan fingerprint density at radius 3 is 2.95 bits per heavy atom. The van der Waals surface area contributed by atoms with Crippen molar-refractivity contribution < 1.29 is 14.3 Å². The van der Waals surface area contributed by atoms with E-state index in [1.165, 1.54) is 11.3 Å². The van der Waals surface area contributed by atoms with Gasteiger partial charge in [-0.25, -0.2) is 0 Å². The molecule has 1 aromatic rings. The molecule has 19 heavy (non-hydrogen) atoms. The Kier molecular flexibility index (Phi) is 3.34. The molecule has 1 atom stereocenters. The predicted molar refractivity (Wildman–Crippen MR) is 71.8 cm³/mol. The highest BCUT2D eigenvalue weighted by Gasteiger charge is 2.19. The molecule has 1 unspecified atom stereocenters. The summed E-state index contributed by atoms with van der Waals surface area (Å²) >= 11 is 0. The Morgan fingerprint density at radius 1 is 1.26 bits per heavy atom. The molecular weight excluding hydrogens is 242 g/mol. The van der Waals surface area contributed by atoms with Gasteiger partial charge in [-0.2, -0.15) is 0 Å². The SMILES string of the molecule is CC(C)CC1=CC(Cc2ccc3c(c2)OCO3)ON1. The highest BCUT2D eigenvalue weighted by atomic mass is 16.7. The van der Waals surface area contributed by atoms with Crippen LogP contribution >= 0.6 is 0 Å². The lowest BCUT2D eigenvalue weighted by molar-refractivity contribution is 0.0411. The van der Waals surface area contributed by atoms with Crippen molar-refractivity contribution in [2.24, 2.45) is 5.92 Å². The molecule has 1 aromatic carbocycles. The first-order valence-electron chi connectivity index (χ1n) is 6.71. The van der Waals surface area contributed by atoms with Crippen LogP contribution in [0.5, 0.6) is 11.5 Å². The van der Waals surface area contributed by atoms with Gasteiger partial charge in [0, 0.05) is 12.1 Å². The summed E-state index contributed by atoms with van der Waals surface area (Å²) in [6, 6.07) is 6.05. The van der Waals surface area contributed by atoms with E-state index in [0.29, 0.717) is 12.7 Å². The Balaban J connectivity index is 1.64. The first kappa shape index (κ1) is 12.4. The summed E-state index contributed by atoms with van der Waals surface area (Å²) in [4.78, 5) is 5.58. The number of hydrogen-bond acceptors (Lipinski definition) is 4. The highest BCUT2D eigenvalue weighted by Crippen LogP contribution is 2.33. The van der Waals surface area contributed by atoms with Crippen molar-refractivity contribution in [3.8, 4) is 11.5 Å². The van der Waals surface area contributed by atoms with Crippen LogP contribution in [0.3, 0.4) is 0 Å². The molecule has 102 valence electrons. The van der Waals surface area contributed by atoms with Crippen LogP contribution < -0.4 is 15.0 Å². The second kappa shape index (κ2) is 5.13. The van der Waals surface area contributed by atoms with Gasteiger partial charge in [-0.15, -0.1) is 0 Å². The summed E-state index contributed by atoms with van der Waals surface area (Å²) in [7, 11) is 0. The first-order valence-corrected chi connectivity index (χ1v) is 6.71. The van der Waals surface area contributed by atoms with Crippen LogP contribution in [0.4, 0.5) is 0 Å². The van der Waals surface area contributed by atoms with Gasteiger partial charge in [-0.3, -0.25) is 10.3 Å². The van der Waals surface area contributed by atoms with Crippen molar-refractivity contribution in [1.82, 2.24) is 5.48 Å². The van der Waals surface area contributed by atoms with Crippen LogP contribution in [0.25, 0.3) is 0 Å². The molecule has 0 aliphatic carbocycles. The fourth-order valence-corrected chi connectivity index (χ4v) is 2.39. The molecule has 0 spiro atoms. The van der Waals surface area contributed by atoms with Crippen molar-refractivity contribution in [2.75, 3.05) is 6.79 Å². The van der Waals surface area contributed by atoms with Crippen molar-refractivity contribution in [2.45, 2.75) is 32.8 Å². The summed E-state index contributed by atoms with van der Waals surface area (Å²) in [5, 5.41) is 0. The Morgan fingerprint density at radius 2 is 2.11 bits per heavy atom. The minimum Gasteiger partial charge on any atom is -0.454 e. The maximum absolute atomic E-state index is 5.58. The summed E-state index contributed by atoms with van der Waals surface area (Å²) in [5.41, 5.74) is 5.39. The molecule has 0 bridgehead atoms. The average molecular weight is 261 g/mol. The molecule has 0 aromatic heterocycles. The topological polar surface area (TPSA) is 39.7 Å². The molecule has 0 fully saturated rings. The number of allylic oxidation sites excluding steroid dienone is 1. The van der Waals surface area contributed by atoms with E-state index < -0.39 is 0 Å². The number of hydrogen-bond donors (Lipinski definition) is 1. The van der Waals surface area contributed by atoms with E-state index in [4.69, 9.17) is 14.3 Å². The van der Waals surface area contributed by atoms with Crippen molar-refractivity contribution >= 4 is 0 Å². The molecule has 0 saturated heterocycles. The van der Waals surface area contributed by atoms with Gasteiger partial charge in [0.05, 0.1) is 0 Å². The summed E-state index contributed by atoms with van der Waals surface area (Å²) in [6.45, 7) is 4.72. The standard InChI is InChI=1S/C15H19NO3/c1-10(2)5-12-8-13(19-16-12)6-11-3-4-14-15(7-11)18-9-17-14/h3-4,7-8,10,13,16H,5-6,9H2,1-2H3. The third-order valence-electron chi connectivity index (χ3n) is 3.23. The predicted octanol–water partition coefficient (Wildman–Crippen LogP) is 2.79.